The average molecular weight is 520 g/mol. The van der Waals surface area contributed by atoms with Crippen molar-refractivity contribution in [1.29, 1.82) is 0 Å². The Bertz CT molecular complexity index is 1210. The number of ether oxygens (including phenoxy) is 1. The summed E-state index contributed by atoms with van der Waals surface area (Å²) in [4.78, 5) is 31.2. The maximum Gasteiger partial charge on any atom is 0.228 e. The van der Waals surface area contributed by atoms with E-state index >= 15 is 0 Å². The highest BCUT2D eigenvalue weighted by molar-refractivity contribution is 5.80. The van der Waals surface area contributed by atoms with Crippen LogP contribution < -0.4 is 10.1 Å². The number of hydrogen-bond donors (Lipinski definition) is 2. The lowest BCUT2D eigenvalue weighted by Gasteiger charge is -2.37. The van der Waals surface area contributed by atoms with E-state index in [1.807, 2.05) is 42.5 Å². The normalized spacial score (nSPS) is 17.1. The molecule has 38 heavy (non-hydrogen) atoms. The second kappa shape index (κ2) is 13.1. The lowest BCUT2D eigenvalue weighted by atomic mass is 9.85. The summed E-state index contributed by atoms with van der Waals surface area (Å²) in [6, 6.07) is 17.1. The lowest BCUT2D eigenvalue weighted by molar-refractivity contribution is -0.145. The van der Waals surface area contributed by atoms with E-state index in [0.29, 0.717) is 43.9 Å². The molecule has 1 saturated heterocycles. The fourth-order valence-corrected chi connectivity index (χ4v) is 4.96. The minimum Gasteiger partial charge on any atom is -0.493 e. The molecule has 3 atom stereocenters. The molecule has 200 valence electrons. The summed E-state index contributed by atoms with van der Waals surface area (Å²) < 4.78 is 20.2. The number of piperidine rings is 1. The van der Waals surface area contributed by atoms with Crippen LogP contribution in [0.25, 0.3) is 0 Å². The first-order valence-corrected chi connectivity index (χ1v) is 13.0. The molecule has 4 rings (SSSR count). The molecule has 2 N–H and O–H groups in total. The van der Waals surface area contributed by atoms with Crippen molar-refractivity contribution in [2.24, 2.45) is 5.92 Å². The van der Waals surface area contributed by atoms with E-state index in [4.69, 9.17) is 4.74 Å². The standard InChI is InChI=1S/C30H34FN3O4/c1-21(35)33-28(29(36)27-10-6-13-34(30(27)37)20-23-7-3-2-4-8-23)17-24-15-25(31)18-26(16-24)38-14-11-22-9-5-12-32-19-22/h2-5,7-9,12,15-16,18-19,27-29,36H,6,10-11,13-14,17,20H2,1H3,(H,33,35)/t27-,28-,29+/m0/s1. The molecule has 0 unspecified atom stereocenters. The van der Waals surface area contributed by atoms with Gasteiger partial charge in [0.2, 0.25) is 11.8 Å². The Morgan fingerprint density at radius 2 is 1.95 bits per heavy atom. The Hall–Kier alpha value is -3.78. The number of aliphatic hydroxyl groups excluding tert-OH is 1. The number of aliphatic hydroxyl groups is 1. The van der Waals surface area contributed by atoms with E-state index in [1.54, 1.807) is 23.4 Å². The highest BCUT2D eigenvalue weighted by Crippen LogP contribution is 2.27. The van der Waals surface area contributed by atoms with Crippen molar-refractivity contribution < 1.29 is 23.8 Å². The molecular formula is C30H34FN3O4. The van der Waals surface area contributed by atoms with Crippen LogP contribution in [0.4, 0.5) is 4.39 Å². The zero-order valence-electron chi connectivity index (χ0n) is 21.6. The van der Waals surface area contributed by atoms with E-state index in [2.05, 4.69) is 10.3 Å². The van der Waals surface area contributed by atoms with Gasteiger partial charge >= 0.3 is 0 Å². The van der Waals surface area contributed by atoms with Crippen molar-refractivity contribution >= 4 is 11.8 Å². The van der Waals surface area contributed by atoms with Crippen LogP contribution in [0.15, 0.2) is 73.1 Å². The number of aromatic nitrogens is 1. The maximum absolute atomic E-state index is 14.5. The monoisotopic (exact) mass is 519 g/mol. The number of carbonyl (C=O) groups excluding carboxylic acids is 2. The number of likely N-dealkylation sites (tertiary alicyclic amines) is 1. The minimum atomic E-state index is -1.12. The molecule has 3 aromatic rings. The molecular weight excluding hydrogens is 485 g/mol. The third-order valence-corrected chi connectivity index (χ3v) is 6.77. The number of halogens is 1. The van der Waals surface area contributed by atoms with Gasteiger partial charge in [-0.3, -0.25) is 14.6 Å². The van der Waals surface area contributed by atoms with E-state index in [0.717, 1.165) is 17.5 Å². The molecule has 7 nitrogen and oxygen atoms in total. The number of amides is 2. The number of hydrogen-bond acceptors (Lipinski definition) is 5. The van der Waals surface area contributed by atoms with Gasteiger partial charge in [0.1, 0.15) is 11.6 Å². The van der Waals surface area contributed by atoms with Gasteiger partial charge < -0.3 is 20.1 Å². The van der Waals surface area contributed by atoms with Gasteiger partial charge in [0.15, 0.2) is 0 Å². The van der Waals surface area contributed by atoms with Gasteiger partial charge in [0, 0.05) is 44.9 Å². The maximum atomic E-state index is 14.5. The summed E-state index contributed by atoms with van der Waals surface area (Å²) in [5.41, 5.74) is 2.59. The third kappa shape index (κ3) is 7.61. The summed E-state index contributed by atoms with van der Waals surface area (Å²) in [6.07, 6.45) is 4.38. The molecule has 1 aromatic heterocycles. The number of rotatable bonds is 11. The number of benzene rings is 2. The SMILES string of the molecule is CC(=O)N[C@@H](Cc1cc(F)cc(OCCc2cccnc2)c1)[C@H](O)[C@@H]1CCCN(Cc2ccccc2)C1=O. The molecule has 1 aliphatic heterocycles. The van der Waals surface area contributed by atoms with E-state index < -0.39 is 23.9 Å². The molecule has 0 radical (unpaired) electrons. The third-order valence-electron chi connectivity index (χ3n) is 6.77. The van der Waals surface area contributed by atoms with Gasteiger partial charge in [-0.25, -0.2) is 4.39 Å². The van der Waals surface area contributed by atoms with Gasteiger partial charge in [-0.2, -0.15) is 0 Å². The van der Waals surface area contributed by atoms with Crippen LogP contribution >= 0.6 is 0 Å². The smallest absolute Gasteiger partial charge is 0.228 e. The molecule has 2 aromatic carbocycles. The first-order chi connectivity index (χ1) is 18.4. The summed E-state index contributed by atoms with van der Waals surface area (Å²) in [5.74, 6) is -1.24. The molecule has 2 amide bonds. The average Bonchev–Trinajstić information content (AvgIpc) is 2.90. The number of nitrogens with one attached hydrogen (secondary N) is 1. The summed E-state index contributed by atoms with van der Waals surface area (Å²) >= 11 is 0. The Labute approximate surface area is 222 Å². The van der Waals surface area contributed by atoms with Gasteiger partial charge in [-0.15, -0.1) is 0 Å². The van der Waals surface area contributed by atoms with Crippen LogP contribution in [0.1, 0.15) is 36.5 Å². The molecule has 2 heterocycles. The highest BCUT2D eigenvalue weighted by Gasteiger charge is 2.38. The molecule has 1 fully saturated rings. The quantitative estimate of drug-likeness (QED) is 0.403. The molecule has 0 aliphatic carbocycles. The van der Waals surface area contributed by atoms with Crippen LogP contribution in [0.3, 0.4) is 0 Å². The van der Waals surface area contributed by atoms with Crippen LogP contribution in [-0.2, 0) is 29.0 Å². The summed E-state index contributed by atoms with van der Waals surface area (Å²) in [6.45, 7) is 2.80. The Balaban J connectivity index is 1.44. The second-order valence-corrected chi connectivity index (χ2v) is 9.75. The number of nitrogens with zero attached hydrogens (tertiary/aromatic N) is 2. The number of pyridine rings is 1. The second-order valence-electron chi connectivity index (χ2n) is 9.75. The molecule has 0 bridgehead atoms. The van der Waals surface area contributed by atoms with Gasteiger partial charge in [-0.05, 0) is 54.2 Å². The molecule has 0 saturated carbocycles. The van der Waals surface area contributed by atoms with Crippen molar-refractivity contribution in [2.75, 3.05) is 13.2 Å². The van der Waals surface area contributed by atoms with E-state index in [-0.39, 0.29) is 18.2 Å². The zero-order valence-corrected chi connectivity index (χ0v) is 21.6. The first-order valence-electron chi connectivity index (χ1n) is 13.0. The van der Waals surface area contributed by atoms with Gasteiger partial charge in [-0.1, -0.05) is 36.4 Å². The first kappa shape index (κ1) is 27.3. The predicted octanol–water partition coefficient (Wildman–Crippen LogP) is 3.69. The van der Waals surface area contributed by atoms with Gasteiger partial charge in [0.25, 0.3) is 0 Å². The van der Waals surface area contributed by atoms with Crippen molar-refractivity contribution in [3.8, 4) is 5.75 Å². The van der Waals surface area contributed by atoms with Crippen molar-refractivity contribution in [3.05, 3.63) is 95.6 Å². The van der Waals surface area contributed by atoms with Crippen molar-refractivity contribution in [1.82, 2.24) is 15.2 Å². The summed E-state index contributed by atoms with van der Waals surface area (Å²) in [5, 5.41) is 14.1. The van der Waals surface area contributed by atoms with Crippen LogP contribution in [-0.4, -0.2) is 52.1 Å². The zero-order chi connectivity index (χ0) is 26.9. The van der Waals surface area contributed by atoms with E-state index in [1.165, 1.54) is 19.1 Å². The molecule has 8 heteroatoms. The Kier molecular flexibility index (Phi) is 9.43. The topological polar surface area (TPSA) is 91.8 Å². The fraction of sp³-hybridized carbons (Fsp3) is 0.367. The van der Waals surface area contributed by atoms with E-state index in [9.17, 15) is 19.1 Å². The van der Waals surface area contributed by atoms with Gasteiger partial charge in [0.05, 0.1) is 24.7 Å². The highest BCUT2D eigenvalue weighted by atomic mass is 19.1. The van der Waals surface area contributed by atoms with Crippen molar-refractivity contribution in [2.45, 2.75) is 51.3 Å². The summed E-state index contributed by atoms with van der Waals surface area (Å²) in [7, 11) is 0. The Morgan fingerprint density at radius 1 is 1.16 bits per heavy atom. The fourth-order valence-electron chi connectivity index (χ4n) is 4.96. The van der Waals surface area contributed by atoms with Crippen LogP contribution in [0, 0.1) is 11.7 Å². The number of carbonyl (C=O) groups is 2. The molecule has 0 spiro atoms. The van der Waals surface area contributed by atoms with Crippen molar-refractivity contribution in [3.63, 3.8) is 0 Å². The lowest BCUT2D eigenvalue weighted by Crippen LogP contribution is -2.53. The predicted molar refractivity (Wildman–Crippen MR) is 142 cm³/mol. The molecule has 1 aliphatic rings. The largest absolute Gasteiger partial charge is 0.493 e. The van der Waals surface area contributed by atoms with Crippen LogP contribution in [0.2, 0.25) is 0 Å². The minimum absolute atomic E-state index is 0.137. The Morgan fingerprint density at radius 3 is 2.68 bits per heavy atom. The van der Waals surface area contributed by atoms with Crippen LogP contribution in [0.5, 0.6) is 5.75 Å².